The molecule has 1 atom stereocenters. The normalized spacial score (nSPS) is 26.2. The number of likely N-dealkylation sites (tertiary alicyclic amines) is 1. The largest absolute Gasteiger partial charge is 0.380 e. The zero-order valence-electron chi connectivity index (χ0n) is 5.50. The van der Waals surface area contributed by atoms with Crippen molar-refractivity contribution < 1.29 is 4.74 Å². The zero-order chi connectivity index (χ0) is 6.69. The summed E-state index contributed by atoms with van der Waals surface area (Å²) in [4.78, 5) is 1.72. The number of hydrogen-bond donors (Lipinski definition) is 0. The van der Waals surface area contributed by atoms with E-state index in [9.17, 15) is 0 Å². The lowest BCUT2D eigenvalue weighted by Crippen LogP contribution is -2.17. The van der Waals surface area contributed by atoms with Gasteiger partial charge in [-0.05, 0) is 6.42 Å². The molecule has 0 aromatic carbocycles. The first-order valence-electron chi connectivity index (χ1n) is 3.04. The molecule has 1 aliphatic rings. The minimum atomic E-state index is 0.282. The number of ether oxygens (including phenoxy) is 1. The smallest absolute Gasteiger partial charge is 0.179 e. The minimum absolute atomic E-state index is 0.282. The second-order valence-electron chi connectivity index (χ2n) is 2.19. The Kier molecular flexibility index (Phi) is 1.91. The molecule has 9 heavy (non-hydrogen) atoms. The fourth-order valence-corrected chi connectivity index (χ4v) is 1.01. The van der Waals surface area contributed by atoms with Gasteiger partial charge in [-0.25, -0.2) is 0 Å². The molecule has 0 amide bonds. The van der Waals surface area contributed by atoms with E-state index in [4.69, 9.17) is 10.00 Å². The maximum absolute atomic E-state index is 8.40. The minimum Gasteiger partial charge on any atom is -0.380 e. The van der Waals surface area contributed by atoms with Crippen LogP contribution >= 0.6 is 0 Å². The molecule has 50 valence electrons. The van der Waals surface area contributed by atoms with E-state index in [1.165, 1.54) is 0 Å². The van der Waals surface area contributed by atoms with Crippen LogP contribution < -0.4 is 0 Å². The topological polar surface area (TPSA) is 36.3 Å². The molecule has 3 nitrogen and oxygen atoms in total. The highest BCUT2D eigenvalue weighted by Gasteiger charge is 2.19. The molecular weight excluding hydrogens is 116 g/mol. The Hall–Kier alpha value is -0.750. The Morgan fingerprint density at radius 2 is 2.56 bits per heavy atom. The highest BCUT2D eigenvalue weighted by molar-refractivity contribution is 4.84. The van der Waals surface area contributed by atoms with Gasteiger partial charge in [0.2, 0.25) is 0 Å². The molecule has 1 saturated heterocycles. The summed E-state index contributed by atoms with van der Waals surface area (Å²) in [6.45, 7) is 1.63. The Labute approximate surface area is 54.8 Å². The van der Waals surface area contributed by atoms with Crippen molar-refractivity contribution in [2.24, 2.45) is 0 Å². The summed E-state index contributed by atoms with van der Waals surface area (Å²) in [7, 11) is 1.69. The number of rotatable bonds is 1. The molecule has 1 unspecified atom stereocenters. The van der Waals surface area contributed by atoms with Crippen LogP contribution in [-0.2, 0) is 4.74 Å². The Bertz CT molecular complexity index is 130. The van der Waals surface area contributed by atoms with Crippen LogP contribution in [0.4, 0.5) is 0 Å². The van der Waals surface area contributed by atoms with Gasteiger partial charge in [0, 0.05) is 13.7 Å². The predicted octanol–water partition coefficient (Wildman–Crippen LogP) is 0.188. The number of methoxy groups -OCH3 is 1. The first kappa shape index (κ1) is 6.37. The summed E-state index contributed by atoms with van der Waals surface area (Å²) >= 11 is 0. The molecule has 0 spiro atoms. The standard InChI is InChI=1S/C6H10N2O/c1-9-6-2-3-8(4-6)5-7/h6H,2-4H2,1H3. The molecule has 0 radical (unpaired) electrons. The number of hydrogen-bond acceptors (Lipinski definition) is 3. The van der Waals surface area contributed by atoms with Crippen molar-refractivity contribution in [3.8, 4) is 6.19 Å². The van der Waals surface area contributed by atoms with Crippen LogP contribution in [0.2, 0.25) is 0 Å². The number of nitrogens with zero attached hydrogens (tertiary/aromatic N) is 2. The van der Waals surface area contributed by atoms with E-state index >= 15 is 0 Å². The SMILES string of the molecule is COC1CCN(C#N)C1. The van der Waals surface area contributed by atoms with E-state index in [0.717, 1.165) is 19.5 Å². The van der Waals surface area contributed by atoms with Crippen LogP contribution in [0.5, 0.6) is 0 Å². The second-order valence-corrected chi connectivity index (χ2v) is 2.19. The van der Waals surface area contributed by atoms with Crippen molar-refractivity contribution in [1.82, 2.24) is 4.90 Å². The fraction of sp³-hybridized carbons (Fsp3) is 0.833. The lowest BCUT2D eigenvalue weighted by molar-refractivity contribution is 0.113. The third-order valence-electron chi connectivity index (χ3n) is 1.62. The lowest BCUT2D eigenvalue weighted by atomic mass is 10.3. The molecule has 1 aliphatic heterocycles. The highest BCUT2D eigenvalue weighted by atomic mass is 16.5. The van der Waals surface area contributed by atoms with Gasteiger partial charge < -0.3 is 9.64 Å². The molecular formula is C6H10N2O. The van der Waals surface area contributed by atoms with Gasteiger partial charge in [-0.15, -0.1) is 0 Å². The van der Waals surface area contributed by atoms with Crippen LogP contribution in [0.15, 0.2) is 0 Å². The molecule has 0 bridgehead atoms. The quantitative estimate of drug-likeness (QED) is 0.470. The molecule has 1 rings (SSSR count). The lowest BCUT2D eigenvalue weighted by Gasteiger charge is -2.05. The van der Waals surface area contributed by atoms with Gasteiger partial charge in [-0.3, -0.25) is 0 Å². The summed E-state index contributed by atoms with van der Waals surface area (Å²) < 4.78 is 5.05. The third kappa shape index (κ3) is 1.33. The first-order valence-corrected chi connectivity index (χ1v) is 3.04. The zero-order valence-corrected chi connectivity index (χ0v) is 5.50. The molecule has 0 N–H and O–H groups in total. The van der Waals surface area contributed by atoms with Gasteiger partial charge in [0.15, 0.2) is 6.19 Å². The van der Waals surface area contributed by atoms with Gasteiger partial charge in [0.1, 0.15) is 0 Å². The highest BCUT2D eigenvalue weighted by Crippen LogP contribution is 2.09. The van der Waals surface area contributed by atoms with Crippen molar-refractivity contribution in [2.45, 2.75) is 12.5 Å². The van der Waals surface area contributed by atoms with E-state index in [1.807, 2.05) is 0 Å². The first-order chi connectivity index (χ1) is 4.36. The molecule has 3 heteroatoms. The molecule has 1 fully saturated rings. The Balaban J connectivity index is 2.31. The van der Waals surface area contributed by atoms with Gasteiger partial charge in [-0.2, -0.15) is 5.26 Å². The van der Waals surface area contributed by atoms with Gasteiger partial charge in [0.25, 0.3) is 0 Å². The molecule has 0 saturated carbocycles. The van der Waals surface area contributed by atoms with Crippen LogP contribution in [-0.4, -0.2) is 31.2 Å². The summed E-state index contributed by atoms with van der Waals surface area (Å²) in [5.74, 6) is 0. The van der Waals surface area contributed by atoms with Crippen LogP contribution in [0.3, 0.4) is 0 Å². The van der Waals surface area contributed by atoms with Crippen molar-refractivity contribution in [1.29, 1.82) is 5.26 Å². The Morgan fingerprint density at radius 3 is 2.89 bits per heavy atom. The summed E-state index contributed by atoms with van der Waals surface area (Å²) in [6, 6.07) is 0. The molecule has 0 aliphatic carbocycles. The predicted molar refractivity (Wildman–Crippen MR) is 32.6 cm³/mol. The van der Waals surface area contributed by atoms with Gasteiger partial charge >= 0.3 is 0 Å². The summed E-state index contributed by atoms with van der Waals surface area (Å²) in [6.07, 6.45) is 3.35. The van der Waals surface area contributed by atoms with Gasteiger partial charge in [0.05, 0.1) is 12.6 Å². The maximum Gasteiger partial charge on any atom is 0.179 e. The van der Waals surface area contributed by atoms with Crippen molar-refractivity contribution in [3.05, 3.63) is 0 Å². The maximum atomic E-state index is 8.40. The fourth-order valence-electron chi connectivity index (χ4n) is 1.01. The summed E-state index contributed by atoms with van der Waals surface area (Å²) in [5, 5.41) is 8.40. The molecule has 0 aromatic heterocycles. The monoisotopic (exact) mass is 126 g/mol. The van der Waals surface area contributed by atoms with E-state index < -0.39 is 0 Å². The van der Waals surface area contributed by atoms with E-state index in [-0.39, 0.29) is 6.10 Å². The third-order valence-corrected chi connectivity index (χ3v) is 1.62. The van der Waals surface area contributed by atoms with Crippen LogP contribution in [0.1, 0.15) is 6.42 Å². The Morgan fingerprint density at radius 1 is 1.78 bits per heavy atom. The van der Waals surface area contributed by atoms with Gasteiger partial charge in [-0.1, -0.05) is 0 Å². The summed E-state index contributed by atoms with van der Waals surface area (Å²) in [5.41, 5.74) is 0. The second kappa shape index (κ2) is 2.70. The average molecular weight is 126 g/mol. The van der Waals surface area contributed by atoms with Crippen molar-refractivity contribution in [3.63, 3.8) is 0 Å². The molecule has 1 heterocycles. The van der Waals surface area contributed by atoms with Crippen molar-refractivity contribution >= 4 is 0 Å². The van der Waals surface area contributed by atoms with Crippen molar-refractivity contribution in [2.75, 3.05) is 20.2 Å². The van der Waals surface area contributed by atoms with E-state index in [1.54, 1.807) is 12.0 Å². The van der Waals surface area contributed by atoms with E-state index in [2.05, 4.69) is 6.19 Å². The van der Waals surface area contributed by atoms with E-state index in [0.29, 0.717) is 0 Å². The van der Waals surface area contributed by atoms with Crippen LogP contribution in [0.25, 0.3) is 0 Å². The number of nitriles is 1. The average Bonchev–Trinajstić information content (AvgIpc) is 2.34. The molecule has 0 aromatic rings. The van der Waals surface area contributed by atoms with Crippen LogP contribution in [0, 0.1) is 11.5 Å².